The molecule has 0 fully saturated rings. The number of aliphatic hydroxyl groups excluding tert-OH is 1. The van der Waals surface area contributed by atoms with Crippen LogP contribution in [0.15, 0.2) is 0 Å². The lowest BCUT2D eigenvalue weighted by Gasteiger charge is -2.30. The van der Waals surface area contributed by atoms with Gasteiger partial charge >= 0.3 is 12.0 Å². The van der Waals surface area contributed by atoms with Gasteiger partial charge in [-0.3, -0.25) is 4.90 Å². The first-order chi connectivity index (χ1) is 8.79. The van der Waals surface area contributed by atoms with Crippen LogP contribution in [-0.4, -0.2) is 64.9 Å². The Labute approximate surface area is 114 Å². The molecule has 7 heteroatoms. The zero-order valence-electron chi connectivity index (χ0n) is 12.0. The molecule has 19 heavy (non-hydrogen) atoms. The molecule has 0 aromatic heterocycles. The van der Waals surface area contributed by atoms with E-state index in [4.69, 9.17) is 10.2 Å². The molecule has 0 saturated heterocycles. The predicted molar refractivity (Wildman–Crippen MR) is 72.0 cm³/mol. The molecule has 0 aliphatic carbocycles. The molecule has 0 aromatic rings. The molecule has 0 bridgehead atoms. The van der Waals surface area contributed by atoms with Crippen LogP contribution in [-0.2, 0) is 4.79 Å². The van der Waals surface area contributed by atoms with Crippen molar-refractivity contribution in [3.8, 4) is 0 Å². The number of carbonyl (C=O) groups excluding carboxylic acids is 1. The SMILES string of the molecule is CC(C)N(CCNC(=O)N[C@@H](CO)C(=O)O)C(C)C. The van der Waals surface area contributed by atoms with Crippen LogP contribution in [0.25, 0.3) is 0 Å². The van der Waals surface area contributed by atoms with E-state index in [0.717, 1.165) is 0 Å². The third-order valence-electron chi connectivity index (χ3n) is 2.77. The highest BCUT2D eigenvalue weighted by Crippen LogP contribution is 2.03. The summed E-state index contributed by atoms with van der Waals surface area (Å²) in [5.41, 5.74) is 0. The molecule has 1 atom stereocenters. The molecule has 0 rings (SSSR count). The molecule has 0 aromatic carbocycles. The van der Waals surface area contributed by atoms with Gasteiger partial charge in [0.15, 0.2) is 6.04 Å². The van der Waals surface area contributed by atoms with Gasteiger partial charge in [0, 0.05) is 25.2 Å². The number of aliphatic hydroxyl groups is 1. The second kappa shape index (κ2) is 8.71. The normalized spacial score (nSPS) is 12.8. The molecule has 0 aliphatic rings. The lowest BCUT2D eigenvalue weighted by molar-refractivity contribution is -0.140. The molecule has 0 spiro atoms. The van der Waals surface area contributed by atoms with Crippen LogP contribution in [0.1, 0.15) is 27.7 Å². The van der Waals surface area contributed by atoms with E-state index in [-0.39, 0.29) is 0 Å². The van der Waals surface area contributed by atoms with Gasteiger partial charge in [-0.2, -0.15) is 0 Å². The summed E-state index contributed by atoms with van der Waals surface area (Å²) in [7, 11) is 0. The second-order valence-electron chi connectivity index (χ2n) is 4.90. The first-order valence-electron chi connectivity index (χ1n) is 6.43. The topological polar surface area (TPSA) is 102 Å². The lowest BCUT2D eigenvalue weighted by Crippen LogP contribution is -2.50. The predicted octanol–water partition coefficient (Wildman–Crippen LogP) is -0.150. The number of carboxylic acids is 1. The molecule has 0 unspecified atom stereocenters. The van der Waals surface area contributed by atoms with Crippen LogP contribution in [0.5, 0.6) is 0 Å². The van der Waals surface area contributed by atoms with E-state index in [9.17, 15) is 9.59 Å². The Morgan fingerprint density at radius 3 is 2.05 bits per heavy atom. The third kappa shape index (κ3) is 6.97. The van der Waals surface area contributed by atoms with Gasteiger partial charge in [-0.05, 0) is 27.7 Å². The number of carbonyl (C=O) groups is 2. The molecule has 0 heterocycles. The van der Waals surface area contributed by atoms with E-state index in [1.807, 2.05) is 0 Å². The van der Waals surface area contributed by atoms with Gasteiger partial charge in [-0.15, -0.1) is 0 Å². The highest BCUT2D eigenvalue weighted by molar-refractivity contribution is 5.82. The summed E-state index contributed by atoms with van der Waals surface area (Å²) in [5.74, 6) is -1.26. The fourth-order valence-corrected chi connectivity index (χ4v) is 1.81. The first-order valence-corrected chi connectivity index (χ1v) is 6.43. The summed E-state index contributed by atoms with van der Waals surface area (Å²) >= 11 is 0. The minimum Gasteiger partial charge on any atom is -0.480 e. The summed E-state index contributed by atoms with van der Waals surface area (Å²) in [4.78, 5) is 24.2. The zero-order chi connectivity index (χ0) is 15.0. The van der Waals surface area contributed by atoms with Crippen LogP contribution in [0, 0.1) is 0 Å². The number of hydrogen-bond donors (Lipinski definition) is 4. The first kappa shape index (κ1) is 17.7. The molecule has 4 N–H and O–H groups in total. The Morgan fingerprint density at radius 2 is 1.68 bits per heavy atom. The summed E-state index contributed by atoms with van der Waals surface area (Å²) in [6.45, 7) is 8.77. The maximum atomic E-state index is 11.4. The van der Waals surface area contributed by atoms with Crippen LogP contribution in [0.2, 0.25) is 0 Å². The Morgan fingerprint density at radius 1 is 1.16 bits per heavy atom. The molecule has 0 radical (unpaired) electrons. The maximum Gasteiger partial charge on any atom is 0.328 e. The van der Waals surface area contributed by atoms with E-state index in [1.54, 1.807) is 0 Å². The van der Waals surface area contributed by atoms with Crippen molar-refractivity contribution in [1.29, 1.82) is 0 Å². The summed E-state index contributed by atoms with van der Waals surface area (Å²) in [6.07, 6.45) is 0. The highest BCUT2D eigenvalue weighted by atomic mass is 16.4. The van der Waals surface area contributed by atoms with Gasteiger partial charge in [0.25, 0.3) is 0 Å². The number of urea groups is 1. The fraction of sp³-hybridized carbons (Fsp3) is 0.833. The van der Waals surface area contributed by atoms with E-state index >= 15 is 0 Å². The summed E-state index contributed by atoms with van der Waals surface area (Å²) in [6, 6.07) is -1.12. The van der Waals surface area contributed by atoms with Crippen molar-refractivity contribution in [2.24, 2.45) is 0 Å². The maximum absolute atomic E-state index is 11.4. The Hall–Kier alpha value is -1.34. The minimum absolute atomic E-state index is 0.370. The fourth-order valence-electron chi connectivity index (χ4n) is 1.81. The van der Waals surface area contributed by atoms with Gasteiger partial charge in [-0.1, -0.05) is 0 Å². The van der Waals surface area contributed by atoms with Gasteiger partial charge in [-0.25, -0.2) is 9.59 Å². The summed E-state index contributed by atoms with van der Waals surface area (Å²) in [5, 5.41) is 22.2. The van der Waals surface area contributed by atoms with Crippen molar-refractivity contribution in [1.82, 2.24) is 15.5 Å². The smallest absolute Gasteiger partial charge is 0.328 e. The molecule has 7 nitrogen and oxygen atoms in total. The number of nitrogens with one attached hydrogen (secondary N) is 2. The summed E-state index contributed by atoms with van der Waals surface area (Å²) < 4.78 is 0. The van der Waals surface area contributed by atoms with Gasteiger partial charge in [0.2, 0.25) is 0 Å². The van der Waals surface area contributed by atoms with Crippen molar-refractivity contribution in [2.75, 3.05) is 19.7 Å². The average molecular weight is 275 g/mol. The Kier molecular flexibility index (Phi) is 8.09. The number of carboxylic acid groups (broad SMARTS) is 1. The van der Waals surface area contributed by atoms with Gasteiger partial charge in [0.05, 0.1) is 6.61 Å². The van der Waals surface area contributed by atoms with Crippen LogP contribution in [0.3, 0.4) is 0 Å². The average Bonchev–Trinajstić information content (AvgIpc) is 2.30. The zero-order valence-corrected chi connectivity index (χ0v) is 12.0. The number of amides is 2. The van der Waals surface area contributed by atoms with Crippen molar-refractivity contribution in [3.05, 3.63) is 0 Å². The molecule has 112 valence electrons. The number of rotatable bonds is 8. The highest BCUT2D eigenvalue weighted by Gasteiger charge is 2.18. The largest absolute Gasteiger partial charge is 0.480 e. The Bertz CT molecular complexity index is 287. The molecule has 2 amide bonds. The molecule has 0 saturated carbocycles. The number of aliphatic carboxylic acids is 1. The molecular weight excluding hydrogens is 250 g/mol. The van der Waals surface area contributed by atoms with Gasteiger partial charge in [0.1, 0.15) is 0 Å². The van der Waals surface area contributed by atoms with Crippen LogP contribution in [0.4, 0.5) is 4.79 Å². The number of hydrogen-bond acceptors (Lipinski definition) is 4. The number of nitrogens with zero attached hydrogens (tertiary/aromatic N) is 1. The van der Waals surface area contributed by atoms with Crippen molar-refractivity contribution >= 4 is 12.0 Å². The molecule has 0 aliphatic heterocycles. The van der Waals surface area contributed by atoms with Crippen molar-refractivity contribution in [2.45, 2.75) is 45.8 Å². The van der Waals surface area contributed by atoms with Crippen LogP contribution < -0.4 is 10.6 Å². The van der Waals surface area contributed by atoms with Crippen molar-refractivity contribution < 1.29 is 19.8 Å². The van der Waals surface area contributed by atoms with Crippen molar-refractivity contribution in [3.63, 3.8) is 0 Å². The minimum atomic E-state index is -1.27. The lowest BCUT2D eigenvalue weighted by atomic mass is 10.2. The van der Waals surface area contributed by atoms with E-state index in [2.05, 4.69) is 43.2 Å². The standard InChI is InChI=1S/C12H25N3O4/c1-8(2)15(9(3)4)6-5-13-12(19)14-10(7-16)11(17)18/h8-10,16H,5-7H2,1-4H3,(H,17,18)(H2,13,14,19)/t10-/m0/s1. The third-order valence-corrected chi connectivity index (χ3v) is 2.77. The monoisotopic (exact) mass is 275 g/mol. The van der Waals surface area contributed by atoms with E-state index < -0.39 is 24.6 Å². The van der Waals surface area contributed by atoms with E-state index in [1.165, 1.54) is 0 Å². The molecular formula is C12H25N3O4. The van der Waals surface area contributed by atoms with Crippen LogP contribution >= 0.6 is 0 Å². The Balaban J connectivity index is 4.06. The van der Waals surface area contributed by atoms with E-state index in [0.29, 0.717) is 25.2 Å². The quantitative estimate of drug-likeness (QED) is 0.493. The second-order valence-corrected chi connectivity index (χ2v) is 4.90. The van der Waals surface area contributed by atoms with Gasteiger partial charge < -0.3 is 20.8 Å².